The van der Waals surface area contributed by atoms with Gasteiger partial charge in [0.1, 0.15) is 0 Å². The first-order chi connectivity index (χ1) is 7.22. The molecule has 2 unspecified atom stereocenters. The van der Waals surface area contributed by atoms with Crippen LogP contribution in [-0.2, 0) is 9.47 Å². The fraction of sp³-hybridized carbons (Fsp3) is 1.00. The van der Waals surface area contributed by atoms with Crippen molar-refractivity contribution in [2.24, 2.45) is 11.7 Å². The molecule has 0 heterocycles. The van der Waals surface area contributed by atoms with Gasteiger partial charge in [0.2, 0.25) is 0 Å². The van der Waals surface area contributed by atoms with E-state index in [-0.39, 0.29) is 5.60 Å². The lowest BCUT2D eigenvalue weighted by atomic mass is 10.0. The molecule has 0 radical (unpaired) electrons. The van der Waals surface area contributed by atoms with Gasteiger partial charge in [0.05, 0.1) is 5.60 Å². The van der Waals surface area contributed by atoms with Crippen LogP contribution in [0.5, 0.6) is 0 Å². The molecule has 1 aliphatic rings. The van der Waals surface area contributed by atoms with Gasteiger partial charge in [-0.15, -0.1) is 0 Å². The molecule has 1 fully saturated rings. The van der Waals surface area contributed by atoms with Gasteiger partial charge in [-0.05, 0) is 38.0 Å². The average molecular weight is 215 g/mol. The van der Waals surface area contributed by atoms with E-state index in [2.05, 4.69) is 6.92 Å². The Labute approximate surface area is 93.3 Å². The van der Waals surface area contributed by atoms with Crippen molar-refractivity contribution in [1.82, 2.24) is 0 Å². The van der Waals surface area contributed by atoms with Gasteiger partial charge in [-0.2, -0.15) is 0 Å². The van der Waals surface area contributed by atoms with Crippen molar-refractivity contribution in [3.8, 4) is 0 Å². The quantitative estimate of drug-likeness (QED) is 0.660. The molecular weight excluding hydrogens is 190 g/mol. The summed E-state index contributed by atoms with van der Waals surface area (Å²) in [5.41, 5.74) is 5.81. The third-order valence-corrected chi connectivity index (χ3v) is 3.34. The SMILES string of the molecule is COCCCCOC1(CN)CCC(C)C1. The van der Waals surface area contributed by atoms with E-state index < -0.39 is 0 Å². The Morgan fingerprint density at radius 1 is 1.33 bits per heavy atom. The molecule has 0 saturated heterocycles. The molecule has 1 rings (SSSR count). The van der Waals surface area contributed by atoms with Crippen molar-refractivity contribution in [3.05, 3.63) is 0 Å². The third kappa shape index (κ3) is 4.09. The van der Waals surface area contributed by atoms with Gasteiger partial charge in [0.15, 0.2) is 0 Å². The van der Waals surface area contributed by atoms with Crippen molar-refractivity contribution in [1.29, 1.82) is 0 Å². The Morgan fingerprint density at radius 3 is 2.60 bits per heavy atom. The molecule has 0 bridgehead atoms. The summed E-state index contributed by atoms with van der Waals surface area (Å²) in [5.74, 6) is 0.771. The zero-order chi connectivity index (χ0) is 11.1. The van der Waals surface area contributed by atoms with Gasteiger partial charge >= 0.3 is 0 Å². The van der Waals surface area contributed by atoms with Crippen molar-refractivity contribution in [2.75, 3.05) is 26.9 Å². The van der Waals surface area contributed by atoms with Gasteiger partial charge in [-0.25, -0.2) is 0 Å². The molecule has 0 aromatic carbocycles. The van der Waals surface area contributed by atoms with Gasteiger partial charge in [-0.3, -0.25) is 0 Å². The summed E-state index contributed by atoms with van der Waals surface area (Å²) in [6, 6.07) is 0. The molecule has 1 aliphatic carbocycles. The van der Waals surface area contributed by atoms with Gasteiger partial charge in [-0.1, -0.05) is 6.92 Å². The zero-order valence-electron chi connectivity index (χ0n) is 10.1. The third-order valence-electron chi connectivity index (χ3n) is 3.34. The van der Waals surface area contributed by atoms with E-state index in [1.54, 1.807) is 7.11 Å². The number of rotatable bonds is 7. The van der Waals surface area contributed by atoms with Crippen LogP contribution in [-0.4, -0.2) is 32.5 Å². The van der Waals surface area contributed by atoms with E-state index >= 15 is 0 Å². The maximum atomic E-state index is 5.98. The van der Waals surface area contributed by atoms with Crippen LogP contribution < -0.4 is 5.73 Å². The molecule has 0 amide bonds. The van der Waals surface area contributed by atoms with E-state index in [0.29, 0.717) is 6.54 Å². The van der Waals surface area contributed by atoms with Crippen molar-refractivity contribution in [2.45, 2.75) is 44.6 Å². The summed E-state index contributed by atoms with van der Waals surface area (Å²) in [7, 11) is 1.74. The van der Waals surface area contributed by atoms with Crippen LogP contribution in [0.3, 0.4) is 0 Å². The molecular formula is C12H25NO2. The Balaban J connectivity index is 2.17. The standard InChI is InChI=1S/C12H25NO2/c1-11-5-6-12(9-11,10-13)15-8-4-3-7-14-2/h11H,3-10,13H2,1-2H3. The highest BCUT2D eigenvalue weighted by molar-refractivity contribution is 4.90. The molecule has 3 nitrogen and oxygen atoms in total. The predicted octanol–water partition coefficient (Wildman–Crippen LogP) is 1.95. The van der Waals surface area contributed by atoms with E-state index in [4.69, 9.17) is 15.2 Å². The Kier molecular flexibility index (Phi) is 5.58. The highest BCUT2D eigenvalue weighted by atomic mass is 16.5. The summed E-state index contributed by atoms with van der Waals surface area (Å²) in [6.07, 6.45) is 5.68. The van der Waals surface area contributed by atoms with Crippen LogP contribution in [0, 0.1) is 5.92 Å². The van der Waals surface area contributed by atoms with Crippen LogP contribution in [0.4, 0.5) is 0 Å². The number of nitrogens with two attached hydrogens (primary N) is 1. The number of hydrogen-bond acceptors (Lipinski definition) is 3. The van der Waals surface area contributed by atoms with E-state index in [0.717, 1.165) is 44.8 Å². The molecule has 1 saturated carbocycles. The van der Waals surface area contributed by atoms with Crippen molar-refractivity contribution < 1.29 is 9.47 Å². The summed E-state index contributed by atoms with van der Waals surface area (Å²) in [6.45, 7) is 4.61. The number of methoxy groups -OCH3 is 1. The summed E-state index contributed by atoms with van der Waals surface area (Å²) >= 11 is 0. The Hall–Kier alpha value is -0.120. The lowest BCUT2D eigenvalue weighted by molar-refractivity contribution is -0.0385. The molecule has 15 heavy (non-hydrogen) atoms. The molecule has 3 heteroatoms. The normalized spacial score (nSPS) is 31.0. The minimum atomic E-state index is -0.00745. The number of unbranched alkanes of at least 4 members (excludes halogenated alkanes) is 1. The van der Waals surface area contributed by atoms with E-state index in [1.807, 2.05) is 0 Å². The smallest absolute Gasteiger partial charge is 0.0806 e. The summed E-state index contributed by atoms with van der Waals surface area (Å²) < 4.78 is 11.0. The fourth-order valence-electron chi connectivity index (χ4n) is 2.36. The Bertz CT molecular complexity index is 175. The highest BCUT2D eigenvalue weighted by Crippen LogP contribution is 2.36. The van der Waals surface area contributed by atoms with Crippen molar-refractivity contribution in [3.63, 3.8) is 0 Å². The van der Waals surface area contributed by atoms with Gasteiger partial charge < -0.3 is 15.2 Å². The molecule has 0 aliphatic heterocycles. The van der Waals surface area contributed by atoms with Crippen LogP contribution in [0.1, 0.15) is 39.0 Å². The first kappa shape index (κ1) is 12.9. The second-order valence-corrected chi connectivity index (χ2v) is 4.78. The first-order valence-corrected chi connectivity index (χ1v) is 6.05. The zero-order valence-corrected chi connectivity index (χ0v) is 10.1. The maximum Gasteiger partial charge on any atom is 0.0806 e. The minimum Gasteiger partial charge on any atom is -0.385 e. The van der Waals surface area contributed by atoms with E-state index in [9.17, 15) is 0 Å². The molecule has 0 spiro atoms. The van der Waals surface area contributed by atoms with Gasteiger partial charge in [0.25, 0.3) is 0 Å². The number of hydrogen-bond donors (Lipinski definition) is 1. The summed E-state index contributed by atoms with van der Waals surface area (Å²) in [5, 5.41) is 0. The van der Waals surface area contributed by atoms with Crippen LogP contribution in [0.25, 0.3) is 0 Å². The fourth-order valence-corrected chi connectivity index (χ4v) is 2.36. The van der Waals surface area contributed by atoms with Crippen LogP contribution in [0.2, 0.25) is 0 Å². The Morgan fingerprint density at radius 2 is 2.07 bits per heavy atom. The van der Waals surface area contributed by atoms with Crippen LogP contribution in [0.15, 0.2) is 0 Å². The molecule has 2 N–H and O–H groups in total. The summed E-state index contributed by atoms with van der Waals surface area (Å²) in [4.78, 5) is 0. The molecule has 0 aromatic heterocycles. The largest absolute Gasteiger partial charge is 0.385 e. The molecule has 2 atom stereocenters. The maximum absolute atomic E-state index is 5.98. The lowest BCUT2D eigenvalue weighted by Crippen LogP contribution is -2.38. The minimum absolute atomic E-state index is 0.00745. The topological polar surface area (TPSA) is 44.5 Å². The predicted molar refractivity (Wildman–Crippen MR) is 61.9 cm³/mol. The second kappa shape index (κ2) is 6.46. The monoisotopic (exact) mass is 215 g/mol. The van der Waals surface area contributed by atoms with E-state index in [1.165, 1.54) is 6.42 Å². The first-order valence-electron chi connectivity index (χ1n) is 6.05. The number of ether oxygens (including phenoxy) is 2. The second-order valence-electron chi connectivity index (χ2n) is 4.78. The molecule has 0 aromatic rings. The average Bonchev–Trinajstić information content (AvgIpc) is 2.61. The highest BCUT2D eigenvalue weighted by Gasteiger charge is 2.36. The van der Waals surface area contributed by atoms with Crippen molar-refractivity contribution >= 4 is 0 Å². The van der Waals surface area contributed by atoms with Crippen LogP contribution >= 0.6 is 0 Å². The van der Waals surface area contributed by atoms with Gasteiger partial charge in [0, 0.05) is 26.9 Å². The lowest BCUT2D eigenvalue weighted by Gasteiger charge is -2.28. The molecule has 90 valence electrons.